The Morgan fingerprint density at radius 1 is 1.23 bits per heavy atom. The van der Waals surface area contributed by atoms with E-state index in [-0.39, 0.29) is 0 Å². The van der Waals surface area contributed by atoms with E-state index in [0.29, 0.717) is 42.5 Å². The van der Waals surface area contributed by atoms with Gasteiger partial charge in [0.25, 0.3) is 5.91 Å². The maximum Gasteiger partial charge on any atom is 0.250 e. The van der Waals surface area contributed by atoms with Crippen LogP contribution in [0.25, 0.3) is 28.1 Å². The summed E-state index contributed by atoms with van der Waals surface area (Å²) in [6.07, 6.45) is 4.55. The average Bonchev–Trinajstić information content (AvgIpc) is 3.29. The van der Waals surface area contributed by atoms with Crippen molar-refractivity contribution in [3.8, 4) is 17.3 Å². The van der Waals surface area contributed by atoms with Crippen molar-refractivity contribution in [3.05, 3.63) is 48.7 Å². The molecule has 0 aliphatic carbocycles. The van der Waals surface area contributed by atoms with E-state index >= 15 is 0 Å². The number of para-hydroxylation sites is 1. The number of furan rings is 1. The van der Waals surface area contributed by atoms with Gasteiger partial charge in [-0.15, -0.1) is 5.10 Å². The highest BCUT2D eigenvalue weighted by atomic mass is 32.2. The van der Waals surface area contributed by atoms with Crippen molar-refractivity contribution in [2.75, 3.05) is 18.6 Å². The van der Waals surface area contributed by atoms with E-state index in [9.17, 15) is 9.00 Å². The first kappa shape index (κ1) is 20.1. The van der Waals surface area contributed by atoms with Crippen molar-refractivity contribution in [1.29, 1.82) is 0 Å². The highest BCUT2D eigenvalue weighted by molar-refractivity contribution is 7.93. The lowest BCUT2D eigenvalue weighted by Gasteiger charge is -2.07. The number of carbonyl (C=O) groups excluding carboxylic acids is 1. The molecule has 0 fully saturated rings. The molecule has 4 rings (SSSR count). The van der Waals surface area contributed by atoms with Crippen LogP contribution in [0.5, 0.6) is 5.88 Å². The number of carbonyl (C=O) groups is 1. The zero-order valence-electron chi connectivity index (χ0n) is 16.8. The Labute approximate surface area is 174 Å². The zero-order chi connectivity index (χ0) is 21.1. The molecule has 0 spiro atoms. The molecule has 1 aromatic carbocycles. The van der Waals surface area contributed by atoms with E-state index in [2.05, 4.69) is 14.4 Å². The minimum atomic E-state index is -2.46. The van der Waals surface area contributed by atoms with E-state index in [1.54, 1.807) is 16.8 Å². The molecule has 0 aliphatic heterocycles. The van der Waals surface area contributed by atoms with Crippen molar-refractivity contribution >= 4 is 32.3 Å². The number of unbranched alkanes of at least 4 members (excludes halogenated alkanes) is 1. The third-order valence-electron chi connectivity index (χ3n) is 4.50. The van der Waals surface area contributed by atoms with Crippen LogP contribution >= 0.6 is 0 Å². The van der Waals surface area contributed by atoms with Crippen molar-refractivity contribution in [2.24, 2.45) is 4.36 Å². The first-order chi connectivity index (χ1) is 14.4. The molecule has 0 radical (unpaired) electrons. The predicted octanol–water partition coefficient (Wildman–Crippen LogP) is 3.95. The van der Waals surface area contributed by atoms with Crippen LogP contribution in [-0.2, 0) is 14.5 Å². The summed E-state index contributed by atoms with van der Waals surface area (Å²) in [5.41, 5.74) is 2.23. The van der Waals surface area contributed by atoms with Gasteiger partial charge in [0.05, 0.1) is 22.5 Å². The molecule has 0 N–H and O–H groups in total. The van der Waals surface area contributed by atoms with E-state index in [1.807, 2.05) is 36.4 Å². The Bertz CT molecular complexity index is 1300. The average molecular weight is 426 g/mol. The third-order valence-corrected chi connectivity index (χ3v) is 6.19. The first-order valence-electron chi connectivity index (χ1n) is 9.58. The van der Waals surface area contributed by atoms with E-state index in [1.165, 1.54) is 13.2 Å². The number of amides is 1. The van der Waals surface area contributed by atoms with Crippen molar-refractivity contribution < 1.29 is 18.2 Å². The zero-order valence-corrected chi connectivity index (χ0v) is 17.6. The van der Waals surface area contributed by atoms with Crippen molar-refractivity contribution in [1.82, 2.24) is 14.6 Å². The molecule has 0 aliphatic rings. The van der Waals surface area contributed by atoms with Gasteiger partial charge in [-0.05, 0) is 31.0 Å². The number of fused-ring (bicyclic) bond motifs is 2. The fraction of sp³-hybridized carbons (Fsp3) is 0.286. The Kier molecular flexibility index (Phi) is 5.54. The SMILES string of the molecule is CC(=O)N=S(C)(=O)CCCCOc1ccc2ncc(-c3cc4ccccc4o3)n2n1. The van der Waals surface area contributed by atoms with Gasteiger partial charge in [0.1, 0.15) is 11.3 Å². The Balaban J connectivity index is 1.44. The van der Waals surface area contributed by atoms with Crippen LogP contribution in [0.15, 0.2) is 57.4 Å². The Hall–Kier alpha value is -3.20. The summed E-state index contributed by atoms with van der Waals surface area (Å²) in [6, 6.07) is 13.4. The van der Waals surface area contributed by atoms with Crippen LogP contribution < -0.4 is 4.74 Å². The molecule has 0 saturated heterocycles. The molecule has 1 amide bonds. The summed E-state index contributed by atoms with van der Waals surface area (Å²) >= 11 is 0. The Morgan fingerprint density at radius 2 is 2.07 bits per heavy atom. The largest absolute Gasteiger partial charge is 0.477 e. The number of ether oxygens (including phenoxy) is 1. The van der Waals surface area contributed by atoms with Crippen LogP contribution in [0, 0.1) is 0 Å². The molecule has 3 aromatic heterocycles. The number of imidazole rings is 1. The summed E-state index contributed by atoms with van der Waals surface area (Å²) in [7, 11) is -2.46. The molecule has 0 saturated carbocycles. The van der Waals surface area contributed by atoms with Crippen LogP contribution in [0.4, 0.5) is 0 Å². The van der Waals surface area contributed by atoms with E-state index in [4.69, 9.17) is 9.15 Å². The van der Waals surface area contributed by atoms with Gasteiger partial charge >= 0.3 is 0 Å². The van der Waals surface area contributed by atoms with Gasteiger partial charge in [0.15, 0.2) is 11.4 Å². The van der Waals surface area contributed by atoms with Crippen molar-refractivity contribution in [2.45, 2.75) is 19.8 Å². The van der Waals surface area contributed by atoms with Gasteiger partial charge in [0.2, 0.25) is 5.88 Å². The number of rotatable bonds is 7. The number of benzene rings is 1. The molecule has 9 heteroatoms. The lowest BCUT2D eigenvalue weighted by molar-refractivity contribution is -0.115. The molecule has 4 aromatic rings. The van der Waals surface area contributed by atoms with Crippen LogP contribution in [0.1, 0.15) is 19.8 Å². The fourth-order valence-corrected chi connectivity index (χ4v) is 4.55. The Morgan fingerprint density at radius 3 is 2.87 bits per heavy atom. The smallest absolute Gasteiger partial charge is 0.250 e. The number of nitrogens with zero attached hydrogens (tertiary/aromatic N) is 4. The molecule has 0 bridgehead atoms. The highest BCUT2D eigenvalue weighted by Gasteiger charge is 2.13. The van der Waals surface area contributed by atoms with Gasteiger partial charge in [-0.25, -0.2) is 13.7 Å². The topological polar surface area (TPSA) is 99.1 Å². The molecular weight excluding hydrogens is 404 g/mol. The van der Waals surface area contributed by atoms with E-state index in [0.717, 1.165) is 16.7 Å². The molecule has 1 atom stereocenters. The molecular formula is C21H22N4O4S. The molecule has 3 heterocycles. The summed E-state index contributed by atoms with van der Waals surface area (Å²) < 4.78 is 29.2. The summed E-state index contributed by atoms with van der Waals surface area (Å²) in [5, 5.41) is 5.53. The van der Waals surface area contributed by atoms with Gasteiger partial charge in [-0.2, -0.15) is 4.36 Å². The number of aromatic nitrogens is 3. The second-order valence-corrected chi connectivity index (χ2v) is 9.57. The minimum absolute atomic E-state index is 0.361. The standard InChI is InChI=1S/C21H22N4O4S/c1-15(26)24-30(2,27)12-6-5-11-28-21-10-9-20-22-14-17(25(20)23-21)19-13-16-7-3-4-8-18(16)29-19/h3-4,7-10,13-14H,5-6,11-12H2,1-2H3. The van der Waals surface area contributed by atoms with Gasteiger partial charge in [-0.3, -0.25) is 4.79 Å². The van der Waals surface area contributed by atoms with Crippen LogP contribution in [0.2, 0.25) is 0 Å². The second kappa shape index (κ2) is 8.27. The van der Waals surface area contributed by atoms with Crippen molar-refractivity contribution in [3.63, 3.8) is 0 Å². The third kappa shape index (κ3) is 4.51. The lowest BCUT2D eigenvalue weighted by Crippen LogP contribution is -2.08. The first-order valence-corrected chi connectivity index (χ1v) is 11.7. The normalized spacial score (nSPS) is 13.4. The van der Waals surface area contributed by atoms with Gasteiger partial charge < -0.3 is 9.15 Å². The summed E-state index contributed by atoms with van der Waals surface area (Å²) in [5.74, 6) is 1.10. The second-order valence-electron chi connectivity index (χ2n) is 7.06. The number of hydrogen-bond donors (Lipinski definition) is 0. The van der Waals surface area contributed by atoms with Gasteiger partial charge in [0, 0.05) is 30.4 Å². The maximum absolute atomic E-state index is 12.1. The number of hydrogen-bond acceptors (Lipinski definition) is 6. The van der Waals surface area contributed by atoms with Gasteiger partial charge in [-0.1, -0.05) is 18.2 Å². The monoisotopic (exact) mass is 426 g/mol. The van der Waals surface area contributed by atoms with Crippen LogP contribution in [-0.4, -0.2) is 43.3 Å². The molecule has 1 unspecified atom stereocenters. The molecule has 156 valence electrons. The quantitative estimate of drug-likeness (QED) is 0.415. The summed E-state index contributed by atoms with van der Waals surface area (Å²) in [6.45, 7) is 1.73. The van der Waals surface area contributed by atoms with Crippen LogP contribution in [0.3, 0.4) is 0 Å². The molecule has 8 nitrogen and oxygen atoms in total. The lowest BCUT2D eigenvalue weighted by atomic mass is 10.2. The maximum atomic E-state index is 12.1. The van der Waals surface area contributed by atoms with E-state index < -0.39 is 15.6 Å². The molecule has 30 heavy (non-hydrogen) atoms. The highest BCUT2D eigenvalue weighted by Crippen LogP contribution is 2.28. The predicted molar refractivity (Wildman–Crippen MR) is 115 cm³/mol. The minimum Gasteiger partial charge on any atom is -0.477 e. The summed E-state index contributed by atoms with van der Waals surface area (Å²) in [4.78, 5) is 15.4. The fourth-order valence-electron chi connectivity index (χ4n) is 3.18.